The van der Waals surface area contributed by atoms with Gasteiger partial charge in [0, 0.05) is 36.2 Å². The SMILES string of the molecule is Cc1nc(N(C)Cc2cn[nH]c2C)nc2c1CCCC2. The maximum Gasteiger partial charge on any atom is 0.225 e. The van der Waals surface area contributed by atoms with Crippen LogP contribution in [0.15, 0.2) is 6.20 Å². The second-order valence-electron chi connectivity index (χ2n) is 5.62. The first-order chi connectivity index (χ1) is 9.65. The van der Waals surface area contributed by atoms with Gasteiger partial charge in [0.05, 0.1) is 6.20 Å². The number of hydrogen-bond donors (Lipinski definition) is 1. The summed E-state index contributed by atoms with van der Waals surface area (Å²) in [4.78, 5) is 11.5. The van der Waals surface area contributed by atoms with Crippen LogP contribution < -0.4 is 4.90 Å². The van der Waals surface area contributed by atoms with Crippen LogP contribution in [-0.2, 0) is 19.4 Å². The van der Waals surface area contributed by atoms with E-state index in [0.717, 1.165) is 36.7 Å². The van der Waals surface area contributed by atoms with Crippen LogP contribution in [0.5, 0.6) is 0 Å². The van der Waals surface area contributed by atoms with Crippen LogP contribution in [0, 0.1) is 13.8 Å². The molecule has 2 heterocycles. The van der Waals surface area contributed by atoms with Crippen molar-refractivity contribution in [3.05, 3.63) is 34.4 Å². The van der Waals surface area contributed by atoms with Crippen molar-refractivity contribution in [1.29, 1.82) is 0 Å². The Kier molecular flexibility index (Phi) is 3.42. The van der Waals surface area contributed by atoms with E-state index in [9.17, 15) is 0 Å². The molecule has 106 valence electrons. The minimum atomic E-state index is 0.778. The predicted molar refractivity (Wildman–Crippen MR) is 78.8 cm³/mol. The first kappa shape index (κ1) is 13.1. The summed E-state index contributed by atoms with van der Waals surface area (Å²) < 4.78 is 0. The summed E-state index contributed by atoms with van der Waals surface area (Å²) in [7, 11) is 2.04. The monoisotopic (exact) mass is 271 g/mol. The standard InChI is InChI=1S/C15H21N5/c1-10-12(8-16-19-10)9-20(3)15-17-11(2)13-6-4-5-7-14(13)18-15/h8H,4-7,9H2,1-3H3,(H,16,19). The van der Waals surface area contributed by atoms with Crippen LogP contribution in [0.2, 0.25) is 0 Å². The second kappa shape index (κ2) is 5.23. The van der Waals surface area contributed by atoms with Gasteiger partial charge in [0.1, 0.15) is 0 Å². The van der Waals surface area contributed by atoms with Gasteiger partial charge in [0.15, 0.2) is 0 Å². The Morgan fingerprint density at radius 1 is 1.20 bits per heavy atom. The number of nitrogens with zero attached hydrogens (tertiary/aromatic N) is 4. The normalized spacial score (nSPS) is 14.2. The molecule has 0 saturated carbocycles. The molecule has 3 rings (SSSR count). The van der Waals surface area contributed by atoms with E-state index in [1.165, 1.54) is 29.7 Å². The van der Waals surface area contributed by atoms with Crippen LogP contribution in [0.4, 0.5) is 5.95 Å². The van der Waals surface area contributed by atoms with Crippen molar-refractivity contribution in [2.45, 2.75) is 46.1 Å². The van der Waals surface area contributed by atoms with Gasteiger partial charge in [-0.25, -0.2) is 9.97 Å². The topological polar surface area (TPSA) is 57.7 Å². The molecule has 20 heavy (non-hydrogen) atoms. The summed E-state index contributed by atoms with van der Waals surface area (Å²) in [6, 6.07) is 0. The summed E-state index contributed by atoms with van der Waals surface area (Å²) in [5.41, 5.74) is 6.04. The molecule has 0 bridgehead atoms. The molecule has 0 fully saturated rings. The fraction of sp³-hybridized carbons (Fsp3) is 0.533. The molecule has 5 heteroatoms. The van der Waals surface area contributed by atoms with Gasteiger partial charge >= 0.3 is 0 Å². The minimum absolute atomic E-state index is 0.778. The van der Waals surface area contributed by atoms with Gasteiger partial charge in [-0.1, -0.05) is 0 Å². The van der Waals surface area contributed by atoms with Crippen LogP contribution in [0.1, 0.15) is 41.1 Å². The lowest BCUT2D eigenvalue weighted by atomic mass is 9.95. The number of fused-ring (bicyclic) bond motifs is 1. The highest BCUT2D eigenvalue weighted by Crippen LogP contribution is 2.24. The third kappa shape index (κ3) is 2.40. The van der Waals surface area contributed by atoms with Gasteiger partial charge in [-0.2, -0.15) is 5.10 Å². The van der Waals surface area contributed by atoms with E-state index in [2.05, 4.69) is 27.0 Å². The zero-order chi connectivity index (χ0) is 14.1. The highest BCUT2D eigenvalue weighted by atomic mass is 15.2. The molecule has 1 aliphatic carbocycles. The molecule has 0 spiro atoms. The Labute approximate surface area is 119 Å². The maximum absolute atomic E-state index is 4.77. The second-order valence-corrected chi connectivity index (χ2v) is 5.62. The van der Waals surface area contributed by atoms with Crippen LogP contribution in [0.25, 0.3) is 0 Å². The molecule has 0 aromatic carbocycles. The van der Waals surface area contributed by atoms with Gasteiger partial charge in [0.2, 0.25) is 5.95 Å². The average Bonchev–Trinajstić information content (AvgIpc) is 2.84. The summed E-state index contributed by atoms with van der Waals surface area (Å²) in [5.74, 6) is 0.823. The van der Waals surface area contributed by atoms with E-state index >= 15 is 0 Å². The van der Waals surface area contributed by atoms with Crippen LogP contribution >= 0.6 is 0 Å². The zero-order valence-electron chi connectivity index (χ0n) is 12.4. The number of aromatic amines is 1. The van der Waals surface area contributed by atoms with Gasteiger partial charge in [0.25, 0.3) is 0 Å². The molecule has 0 aliphatic heterocycles. The summed E-state index contributed by atoms with van der Waals surface area (Å²) >= 11 is 0. The fourth-order valence-electron chi connectivity index (χ4n) is 2.80. The third-order valence-corrected chi connectivity index (χ3v) is 4.06. The molecule has 0 radical (unpaired) electrons. The van der Waals surface area contributed by atoms with Crippen molar-refractivity contribution in [2.24, 2.45) is 0 Å². The molecule has 1 aliphatic rings. The van der Waals surface area contributed by atoms with E-state index in [1.54, 1.807) is 0 Å². The Morgan fingerprint density at radius 2 is 2.00 bits per heavy atom. The van der Waals surface area contributed by atoms with Crippen LogP contribution in [-0.4, -0.2) is 27.2 Å². The molecule has 2 aromatic heterocycles. The summed E-state index contributed by atoms with van der Waals surface area (Å²) in [6.45, 7) is 4.92. The minimum Gasteiger partial charge on any atom is -0.339 e. The largest absolute Gasteiger partial charge is 0.339 e. The quantitative estimate of drug-likeness (QED) is 0.931. The number of anilines is 1. The van der Waals surface area contributed by atoms with Crippen LogP contribution in [0.3, 0.4) is 0 Å². The van der Waals surface area contributed by atoms with E-state index in [-0.39, 0.29) is 0 Å². The van der Waals surface area contributed by atoms with Crippen molar-refractivity contribution in [2.75, 3.05) is 11.9 Å². The summed E-state index contributed by atoms with van der Waals surface area (Å²) in [5, 5.41) is 7.03. The number of rotatable bonds is 3. The van der Waals surface area contributed by atoms with Gasteiger partial charge in [-0.05, 0) is 45.1 Å². The highest BCUT2D eigenvalue weighted by Gasteiger charge is 2.17. The average molecular weight is 271 g/mol. The smallest absolute Gasteiger partial charge is 0.225 e. The number of aryl methyl sites for hydroxylation is 3. The van der Waals surface area contributed by atoms with E-state index in [0.29, 0.717) is 0 Å². The molecule has 0 saturated heterocycles. The van der Waals surface area contributed by atoms with E-state index < -0.39 is 0 Å². The zero-order valence-corrected chi connectivity index (χ0v) is 12.4. The van der Waals surface area contributed by atoms with Crippen molar-refractivity contribution < 1.29 is 0 Å². The van der Waals surface area contributed by atoms with Gasteiger partial charge < -0.3 is 4.90 Å². The molecule has 5 nitrogen and oxygen atoms in total. The first-order valence-electron chi connectivity index (χ1n) is 7.21. The van der Waals surface area contributed by atoms with E-state index in [1.807, 2.05) is 20.2 Å². The Morgan fingerprint density at radius 3 is 2.75 bits per heavy atom. The lowest BCUT2D eigenvalue weighted by Gasteiger charge is -2.22. The molecular formula is C15H21N5. The van der Waals surface area contributed by atoms with Crippen molar-refractivity contribution in [3.8, 4) is 0 Å². The van der Waals surface area contributed by atoms with Gasteiger partial charge in [-0.15, -0.1) is 0 Å². The van der Waals surface area contributed by atoms with Crippen molar-refractivity contribution in [1.82, 2.24) is 20.2 Å². The predicted octanol–water partition coefficient (Wildman–Crippen LogP) is 2.33. The van der Waals surface area contributed by atoms with Crippen molar-refractivity contribution >= 4 is 5.95 Å². The van der Waals surface area contributed by atoms with Gasteiger partial charge in [-0.3, -0.25) is 5.10 Å². The molecule has 2 aromatic rings. The number of H-pyrrole nitrogens is 1. The molecule has 1 N–H and O–H groups in total. The molecule has 0 amide bonds. The Hall–Kier alpha value is -1.91. The molecule has 0 unspecified atom stereocenters. The Balaban J connectivity index is 1.86. The summed E-state index contributed by atoms with van der Waals surface area (Å²) in [6.07, 6.45) is 6.60. The highest BCUT2D eigenvalue weighted by molar-refractivity contribution is 5.38. The number of nitrogens with one attached hydrogen (secondary N) is 1. The lowest BCUT2D eigenvalue weighted by molar-refractivity contribution is 0.653. The number of aromatic nitrogens is 4. The Bertz CT molecular complexity index is 617. The fourth-order valence-corrected chi connectivity index (χ4v) is 2.80. The number of hydrogen-bond acceptors (Lipinski definition) is 4. The first-order valence-corrected chi connectivity index (χ1v) is 7.21. The maximum atomic E-state index is 4.77. The van der Waals surface area contributed by atoms with E-state index in [4.69, 9.17) is 4.98 Å². The lowest BCUT2D eigenvalue weighted by Crippen LogP contribution is -2.22. The molecule has 0 atom stereocenters. The van der Waals surface area contributed by atoms with Crippen molar-refractivity contribution in [3.63, 3.8) is 0 Å². The third-order valence-electron chi connectivity index (χ3n) is 4.06. The molecular weight excluding hydrogens is 250 g/mol.